The smallest absolute Gasteiger partial charge is 0.220 e. The monoisotopic (exact) mass is 266 g/mol. The van der Waals surface area contributed by atoms with E-state index in [2.05, 4.69) is 9.97 Å². The van der Waals surface area contributed by atoms with Crippen LogP contribution in [0.25, 0.3) is 22.0 Å². The third-order valence-corrected chi connectivity index (χ3v) is 3.13. The van der Waals surface area contributed by atoms with Crippen LogP contribution >= 0.6 is 0 Å². The fourth-order valence-corrected chi connectivity index (χ4v) is 2.17. The Labute approximate surface area is 116 Å². The maximum absolute atomic E-state index is 5.86. The molecule has 0 amide bonds. The third kappa shape index (κ3) is 2.09. The molecule has 0 radical (unpaired) electrons. The second-order valence-electron chi connectivity index (χ2n) is 4.46. The Kier molecular flexibility index (Phi) is 2.87. The standard InChI is InChI=1S/C15H14N4O/c1-20-14-5-3-11(16)7-12(14)9-2-4-13-10(6-9)8-18-15(17)19-13/h2-8H,16H2,1H3,(H2,17,18,19). The highest BCUT2D eigenvalue weighted by molar-refractivity contribution is 5.86. The first-order valence-electron chi connectivity index (χ1n) is 6.13. The Hall–Kier alpha value is -2.82. The molecular weight excluding hydrogens is 252 g/mol. The van der Waals surface area contributed by atoms with Crippen molar-refractivity contribution in [2.75, 3.05) is 18.6 Å². The van der Waals surface area contributed by atoms with Crippen molar-refractivity contribution in [2.45, 2.75) is 0 Å². The van der Waals surface area contributed by atoms with E-state index in [1.54, 1.807) is 13.3 Å². The summed E-state index contributed by atoms with van der Waals surface area (Å²) in [6, 6.07) is 11.4. The number of nitrogens with zero attached hydrogens (tertiary/aromatic N) is 2. The number of rotatable bonds is 2. The van der Waals surface area contributed by atoms with E-state index in [1.807, 2.05) is 36.4 Å². The van der Waals surface area contributed by atoms with Gasteiger partial charge in [-0.25, -0.2) is 9.97 Å². The lowest BCUT2D eigenvalue weighted by molar-refractivity contribution is 0.416. The molecular formula is C15H14N4O. The second-order valence-corrected chi connectivity index (χ2v) is 4.46. The molecule has 5 heteroatoms. The van der Waals surface area contributed by atoms with Gasteiger partial charge in [-0.2, -0.15) is 0 Å². The molecule has 3 aromatic rings. The van der Waals surface area contributed by atoms with Gasteiger partial charge in [-0.15, -0.1) is 0 Å². The highest BCUT2D eigenvalue weighted by Gasteiger charge is 2.08. The maximum Gasteiger partial charge on any atom is 0.220 e. The third-order valence-electron chi connectivity index (χ3n) is 3.13. The van der Waals surface area contributed by atoms with Crippen molar-refractivity contribution in [1.82, 2.24) is 9.97 Å². The maximum atomic E-state index is 5.86. The van der Waals surface area contributed by atoms with E-state index in [1.165, 1.54) is 0 Å². The van der Waals surface area contributed by atoms with Crippen molar-refractivity contribution in [3.63, 3.8) is 0 Å². The summed E-state index contributed by atoms with van der Waals surface area (Å²) in [5.74, 6) is 1.04. The topological polar surface area (TPSA) is 87.0 Å². The average molecular weight is 266 g/mol. The van der Waals surface area contributed by atoms with Gasteiger partial charge in [0.25, 0.3) is 0 Å². The first-order chi connectivity index (χ1) is 9.67. The summed E-state index contributed by atoms with van der Waals surface area (Å²) in [4.78, 5) is 8.19. The van der Waals surface area contributed by atoms with Crippen LogP contribution in [0.2, 0.25) is 0 Å². The number of nitrogens with two attached hydrogens (primary N) is 2. The number of nitrogen functional groups attached to an aromatic ring is 2. The average Bonchev–Trinajstić information content (AvgIpc) is 2.46. The molecule has 0 spiro atoms. The van der Waals surface area contributed by atoms with E-state index in [9.17, 15) is 0 Å². The number of ether oxygens (including phenoxy) is 1. The van der Waals surface area contributed by atoms with Crippen LogP contribution in [0.1, 0.15) is 0 Å². The fourth-order valence-electron chi connectivity index (χ4n) is 2.17. The van der Waals surface area contributed by atoms with Crippen LogP contribution in [-0.4, -0.2) is 17.1 Å². The normalized spacial score (nSPS) is 10.7. The van der Waals surface area contributed by atoms with Gasteiger partial charge in [-0.05, 0) is 35.9 Å². The van der Waals surface area contributed by atoms with Gasteiger partial charge in [0, 0.05) is 22.8 Å². The number of anilines is 2. The molecule has 0 aliphatic heterocycles. The Morgan fingerprint density at radius 3 is 2.70 bits per heavy atom. The van der Waals surface area contributed by atoms with Crippen LogP contribution in [0.3, 0.4) is 0 Å². The summed E-state index contributed by atoms with van der Waals surface area (Å²) < 4.78 is 5.38. The molecule has 0 saturated carbocycles. The molecule has 0 unspecified atom stereocenters. The number of fused-ring (bicyclic) bond motifs is 1. The van der Waals surface area contributed by atoms with E-state index in [0.29, 0.717) is 5.69 Å². The van der Waals surface area contributed by atoms with E-state index in [4.69, 9.17) is 16.2 Å². The zero-order chi connectivity index (χ0) is 14.1. The van der Waals surface area contributed by atoms with Crippen LogP contribution in [0.15, 0.2) is 42.6 Å². The summed E-state index contributed by atoms with van der Waals surface area (Å²) in [6.45, 7) is 0. The lowest BCUT2D eigenvalue weighted by Crippen LogP contribution is -1.95. The van der Waals surface area contributed by atoms with Gasteiger partial charge in [-0.1, -0.05) is 6.07 Å². The Bertz CT molecular complexity index is 786. The number of aromatic nitrogens is 2. The molecule has 3 rings (SSSR count). The van der Waals surface area contributed by atoms with Crippen LogP contribution in [-0.2, 0) is 0 Å². The van der Waals surface area contributed by atoms with E-state index in [0.717, 1.165) is 27.8 Å². The summed E-state index contributed by atoms with van der Waals surface area (Å²) in [5.41, 5.74) is 14.9. The minimum atomic E-state index is 0.270. The highest BCUT2D eigenvalue weighted by Crippen LogP contribution is 2.33. The van der Waals surface area contributed by atoms with Crippen molar-refractivity contribution in [2.24, 2.45) is 0 Å². The number of hydrogen-bond donors (Lipinski definition) is 2. The summed E-state index contributed by atoms with van der Waals surface area (Å²) in [7, 11) is 1.64. The van der Waals surface area contributed by atoms with Crippen LogP contribution < -0.4 is 16.2 Å². The van der Waals surface area contributed by atoms with Crippen molar-refractivity contribution in [3.8, 4) is 16.9 Å². The highest BCUT2D eigenvalue weighted by atomic mass is 16.5. The first kappa shape index (κ1) is 12.2. The SMILES string of the molecule is COc1ccc(N)cc1-c1ccc2nc(N)ncc2c1. The molecule has 20 heavy (non-hydrogen) atoms. The van der Waals surface area contributed by atoms with Crippen molar-refractivity contribution >= 4 is 22.5 Å². The van der Waals surface area contributed by atoms with Crippen LogP contribution in [0.5, 0.6) is 5.75 Å². The Balaban J connectivity index is 2.19. The predicted octanol–water partition coefficient (Wildman–Crippen LogP) is 2.47. The molecule has 0 aliphatic rings. The number of methoxy groups -OCH3 is 1. The molecule has 0 saturated heterocycles. The zero-order valence-electron chi connectivity index (χ0n) is 11.0. The molecule has 2 aromatic carbocycles. The lowest BCUT2D eigenvalue weighted by Gasteiger charge is -2.10. The molecule has 0 bridgehead atoms. The minimum Gasteiger partial charge on any atom is -0.496 e. The van der Waals surface area contributed by atoms with Crippen LogP contribution in [0.4, 0.5) is 11.6 Å². The van der Waals surface area contributed by atoms with Gasteiger partial charge in [0.15, 0.2) is 0 Å². The van der Waals surface area contributed by atoms with Crippen LogP contribution in [0, 0.1) is 0 Å². The van der Waals surface area contributed by atoms with Gasteiger partial charge in [0.1, 0.15) is 5.75 Å². The molecule has 0 fully saturated rings. The molecule has 100 valence electrons. The van der Waals surface area contributed by atoms with Gasteiger partial charge < -0.3 is 16.2 Å². The summed E-state index contributed by atoms with van der Waals surface area (Å²) in [6.07, 6.45) is 1.71. The Morgan fingerprint density at radius 2 is 1.90 bits per heavy atom. The lowest BCUT2D eigenvalue weighted by atomic mass is 10.0. The Morgan fingerprint density at radius 1 is 1.05 bits per heavy atom. The number of hydrogen-bond acceptors (Lipinski definition) is 5. The fraction of sp³-hybridized carbons (Fsp3) is 0.0667. The molecule has 0 aliphatic carbocycles. The molecule has 1 heterocycles. The summed E-state index contributed by atoms with van der Waals surface area (Å²) >= 11 is 0. The number of benzene rings is 2. The van der Waals surface area contributed by atoms with Gasteiger partial charge in [-0.3, -0.25) is 0 Å². The molecule has 4 N–H and O–H groups in total. The predicted molar refractivity (Wildman–Crippen MR) is 80.4 cm³/mol. The van der Waals surface area contributed by atoms with Crippen molar-refractivity contribution < 1.29 is 4.74 Å². The quantitative estimate of drug-likeness (QED) is 0.696. The van der Waals surface area contributed by atoms with Gasteiger partial charge in [0.05, 0.1) is 12.6 Å². The molecule has 5 nitrogen and oxygen atoms in total. The largest absolute Gasteiger partial charge is 0.496 e. The zero-order valence-corrected chi connectivity index (χ0v) is 11.0. The second kappa shape index (κ2) is 4.70. The van der Waals surface area contributed by atoms with E-state index < -0.39 is 0 Å². The van der Waals surface area contributed by atoms with E-state index >= 15 is 0 Å². The van der Waals surface area contributed by atoms with Crippen molar-refractivity contribution in [1.29, 1.82) is 0 Å². The molecule has 0 atom stereocenters. The van der Waals surface area contributed by atoms with Crippen molar-refractivity contribution in [3.05, 3.63) is 42.6 Å². The molecule has 1 aromatic heterocycles. The minimum absolute atomic E-state index is 0.270. The van der Waals surface area contributed by atoms with Gasteiger partial charge >= 0.3 is 0 Å². The van der Waals surface area contributed by atoms with Gasteiger partial charge in [0.2, 0.25) is 5.95 Å². The van der Waals surface area contributed by atoms with E-state index in [-0.39, 0.29) is 5.95 Å². The first-order valence-corrected chi connectivity index (χ1v) is 6.13. The summed E-state index contributed by atoms with van der Waals surface area (Å²) in [5, 5.41) is 0.918.